The Morgan fingerprint density at radius 2 is 1.67 bits per heavy atom. The van der Waals surface area contributed by atoms with Crippen LogP contribution in [0.3, 0.4) is 0 Å². The molecule has 5 aromatic rings. The van der Waals surface area contributed by atoms with E-state index < -0.39 is 0 Å². The summed E-state index contributed by atoms with van der Waals surface area (Å²) in [5, 5.41) is 7.57. The smallest absolute Gasteiger partial charge is 0.111 e. The van der Waals surface area contributed by atoms with Gasteiger partial charge in [0.25, 0.3) is 0 Å². The average Bonchev–Trinajstić information content (AvgIpc) is 3.21. The number of hydrogen-bond acceptors (Lipinski definition) is 2. The second-order valence-corrected chi connectivity index (χ2v) is 7.89. The number of ether oxygens (including phenoxy) is 1. The van der Waals surface area contributed by atoms with Gasteiger partial charge in [-0.25, -0.2) is 4.52 Å². The summed E-state index contributed by atoms with van der Waals surface area (Å²) in [7, 11) is 1.74. The molecule has 3 nitrogen and oxygen atoms in total. The quantitative estimate of drug-likeness (QED) is 0.322. The van der Waals surface area contributed by atoms with Gasteiger partial charge < -0.3 is 4.74 Å². The van der Waals surface area contributed by atoms with Gasteiger partial charge in [-0.1, -0.05) is 83.9 Å². The van der Waals surface area contributed by atoms with Crippen LogP contribution in [0.1, 0.15) is 22.8 Å². The van der Waals surface area contributed by atoms with E-state index in [0.717, 1.165) is 43.7 Å². The SMILES string of the molecule is COC(c1ccc(C)cc1)c1cnn2c(-c3ccccc3)cc3c(Cl)cccc3c12. The second-order valence-electron chi connectivity index (χ2n) is 7.48. The largest absolute Gasteiger partial charge is 0.372 e. The van der Waals surface area contributed by atoms with E-state index in [4.69, 9.17) is 21.4 Å². The lowest BCUT2D eigenvalue weighted by Crippen LogP contribution is -2.04. The van der Waals surface area contributed by atoms with Crippen LogP contribution >= 0.6 is 11.6 Å². The van der Waals surface area contributed by atoms with E-state index in [1.165, 1.54) is 5.56 Å². The van der Waals surface area contributed by atoms with E-state index in [1.807, 2.05) is 41.0 Å². The van der Waals surface area contributed by atoms with Gasteiger partial charge in [0, 0.05) is 34.0 Å². The lowest BCUT2D eigenvalue weighted by atomic mass is 9.98. The molecule has 2 aromatic heterocycles. The topological polar surface area (TPSA) is 26.5 Å². The molecular weight excluding hydrogens is 392 g/mol. The highest BCUT2D eigenvalue weighted by Gasteiger charge is 2.22. The van der Waals surface area contributed by atoms with Crippen molar-refractivity contribution in [2.24, 2.45) is 0 Å². The molecule has 1 atom stereocenters. The van der Waals surface area contributed by atoms with Crippen molar-refractivity contribution in [2.45, 2.75) is 13.0 Å². The molecule has 5 rings (SSSR count). The molecule has 0 aliphatic heterocycles. The summed E-state index contributed by atoms with van der Waals surface area (Å²) < 4.78 is 7.97. The van der Waals surface area contributed by atoms with Crippen LogP contribution < -0.4 is 0 Å². The van der Waals surface area contributed by atoms with Crippen LogP contribution in [-0.4, -0.2) is 16.7 Å². The number of hydrogen-bond donors (Lipinski definition) is 0. The van der Waals surface area contributed by atoms with E-state index >= 15 is 0 Å². The molecule has 4 heteroatoms. The minimum Gasteiger partial charge on any atom is -0.372 e. The molecule has 148 valence electrons. The third-order valence-corrected chi connectivity index (χ3v) is 5.91. The minimum atomic E-state index is -0.226. The van der Waals surface area contributed by atoms with Gasteiger partial charge in [-0.2, -0.15) is 5.10 Å². The third-order valence-electron chi connectivity index (χ3n) is 5.58. The van der Waals surface area contributed by atoms with Crippen molar-refractivity contribution < 1.29 is 4.74 Å². The van der Waals surface area contributed by atoms with E-state index in [1.54, 1.807) is 7.11 Å². The average molecular weight is 413 g/mol. The Hall–Kier alpha value is -3.14. The Balaban J connectivity index is 1.84. The van der Waals surface area contributed by atoms with Crippen molar-refractivity contribution in [1.82, 2.24) is 9.61 Å². The molecule has 0 spiro atoms. The molecule has 0 amide bonds. The van der Waals surface area contributed by atoms with Crippen molar-refractivity contribution in [1.29, 1.82) is 0 Å². The van der Waals surface area contributed by atoms with E-state index in [0.29, 0.717) is 0 Å². The molecule has 0 saturated carbocycles. The summed E-state index contributed by atoms with van der Waals surface area (Å²) in [6.07, 6.45) is 1.69. The Labute approximate surface area is 180 Å². The van der Waals surface area contributed by atoms with E-state index in [9.17, 15) is 0 Å². The highest BCUT2D eigenvalue weighted by Crippen LogP contribution is 2.37. The van der Waals surface area contributed by atoms with Crippen molar-refractivity contribution in [3.05, 3.63) is 107 Å². The molecule has 0 fully saturated rings. The maximum atomic E-state index is 6.62. The van der Waals surface area contributed by atoms with Gasteiger partial charge in [-0.15, -0.1) is 0 Å². The van der Waals surface area contributed by atoms with Crippen molar-refractivity contribution in [2.75, 3.05) is 7.11 Å². The summed E-state index contributed by atoms with van der Waals surface area (Å²) >= 11 is 6.62. The normalized spacial score (nSPS) is 12.5. The highest BCUT2D eigenvalue weighted by atomic mass is 35.5. The first-order valence-corrected chi connectivity index (χ1v) is 10.3. The predicted molar refractivity (Wildman–Crippen MR) is 123 cm³/mol. The fraction of sp³-hybridized carbons (Fsp3) is 0.115. The van der Waals surface area contributed by atoms with Crippen LogP contribution in [0.15, 0.2) is 85.1 Å². The van der Waals surface area contributed by atoms with Gasteiger partial charge in [-0.05, 0) is 24.6 Å². The molecule has 0 bridgehead atoms. The van der Waals surface area contributed by atoms with Crippen LogP contribution in [-0.2, 0) is 4.74 Å². The Kier molecular flexibility index (Phi) is 4.78. The van der Waals surface area contributed by atoms with Gasteiger partial charge in [0.15, 0.2) is 0 Å². The zero-order valence-electron chi connectivity index (χ0n) is 16.8. The monoisotopic (exact) mass is 412 g/mol. The molecule has 0 aliphatic rings. The molecular formula is C26H21ClN2O. The Morgan fingerprint density at radius 1 is 0.900 bits per heavy atom. The summed E-state index contributed by atoms with van der Waals surface area (Å²) in [4.78, 5) is 0. The summed E-state index contributed by atoms with van der Waals surface area (Å²) in [5.74, 6) is 0. The van der Waals surface area contributed by atoms with Crippen molar-refractivity contribution >= 4 is 27.9 Å². The molecule has 2 heterocycles. The molecule has 1 unspecified atom stereocenters. The fourth-order valence-electron chi connectivity index (χ4n) is 4.09. The number of fused-ring (bicyclic) bond motifs is 3. The molecule has 30 heavy (non-hydrogen) atoms. The number of aromatic nitrogens is 2. The number of nitrogens with zero attached hydrogens (tertiary/aromatic N) is 2. The van der Waals surface area contributed by atoms with Gasteiger partial charge in [0.1, 0.15) is 6.10 Å². The first-order chi connectivity index (χ1) is 14.7. The number of pyridine rings is 1. The maximum absolute atomic E-state index is 6.62. The van der Waals surface area contributed by atoms with Gasteiger partial charge in [-0.3, -0.25) is 0 Å². The predicted octanol–water partition coefficient (Wildman–Crippen LogP) is 6.85. The summed E-state index contributed by atoms with van der Waals surface area (Å²) in [5.41, 5.74) is 6.43. The number of benzene rings is 3. The highest BCUT2D eigenvalue weighted by molar-refractivity contribution is 6.36. The van der Waals surface area contributed by atoms with Crippen LogP contribution in [0.4, 0.5) is 0 Å². The zero-order chi connectivity index (χ0) is 20.7. The van der Waals surface area contributed by atoms with Crippen molar-refractivity contribution in [3.8, 4) is 11.3 Å². The molecule has 0 radical (unpaired) electrons. The molecule has 0 saturated heterocycles. The minimum absolute atomic E-state index is 0.226. The van der Waals surface area contributed by atoms with Crippen molar-refractivity contribution in [3.63, 3.8) is 0 Å². The lowest BCUT2D eigenvalue weighted by Gasteiger charge is -2.17. The van der Waals surface area contributed by atoms with Crippen LogP contribution in [0.2, 0.25) is 5.02 Å². The van der Waals surface area contributed by atoms with Gasteiger partial charge in [0.2, 0.25) is 0 Å². The number of halogens is 1. The second kappa shape index (κ2) is 7.60. The summed E-state index contributed by atoms with van der Waals surface area (Å²) in [6, 6.07) is 26.8. The molecule has 3 aromatic carbocycles. The first kappa shape index (κ1) is 18.9. The Bertz CT molecular complexity index is 1340. The zero-order valence-corrected chi connectivity index (χ0v) is 17.6. The first-order valence-electron chi connectivity index (χ1n) is 9.91. The summed E-state index contributed by atoms with van der Waals surface area (Å²) in [6.45, 7) is 2.09. The standard InChI is InChI=1S/C26H21ClN2O/c1-17-11-13-19(14-12-17)26(30-2)22-16-28-29-24(18-7-4-3-5-8-18)15-21-20(25(22)29)9-6-10-23(21)27/h3-16,26H,1-2H3. The van der Waals surface area contributed by atoms with Crippen LogP contribution in [0, 0.1) is 6.92 Å². The van der Waals surface area contributed by atoms with Crippen LogP contribution in [0.25, 0.3) is 27.5 Å². The van der Waals surface area contributed by atoms with E-state index in [-0.39, 0.29) is 6.10 Å². The molecule has 0 N–H and O–H groups in total. The number of rotatable bonds is 4. The Morgan fingerprint density at radius 3 is 2.40 bits per heavy atom. The lowest BCUT2D eigenvalue weighted by molar-refractivity contribution is 0.137. The van der Waals surface area contributed by atoms with Gasteiger partial charge in [0.05, 0.1) is 17.4 Å². The maximum Gasteiger partial charge on any atom is 0.111 e. The molecule has 0 aliphatic carbocycles. The van der Waals surface area contributed by atoms with Crippen LogP contribution in [0.5, 0.6) is 0 Å². The third kappa shape index (κ3) is 3.07. The fourth-order valence-corrected chi connectivity index (χ4v) is 4.32. The number of aryl methyl sites for hydroxylation is 1. The number of methoxy groups -OCH3 is 1. The van der Waals surface area contributed by atoms with Gasteiger partial charge >= 0.3 is 0 Å². The van der Waals surface area contributed by atoms with E-state index in [2.05, 4.69) is 55.5 Å².